The SMILES string of the molecule is CCCC1=C2[C@@H](CC/C(C)=C/c3cc(Br)ccc3O)OC[C@@H]2[C@@H]2C(=O)N(c3cc(C(F)(F)F)cc(C(F)(F)F)c3)C(=O)[C@@H]2C1. The molecule has 2 aliphatic heterocycles. The van der Waals surface area contributed by atoms with Crippen molar-refractivity contribution in [2.45, 2.75) is 64.4 Å². The first kappa shape index (κ1) is 32.3. The van der Waals surface area contributed by atoms with Crippen molar-refractivity contribution in [1.29, 1.82) is 0 Å². The molecule has 2 heterocycles. The van der Waals surface area contributed by atoms with Gasteiger partial charge in [0.25, 0.3) is 0 Å². The number of carbonyl (C=O) groups excluding carboxylic acids is 2. The monoisotopic (exact) mass is 685 g/mol. The van der Waals surface area contributed by atoms with Crippen molar-refractivity contribution in [3.63, 3.8) is 0 Å². The van der Waals surface area contributed by atoms with Crippen molar-refractivity contribution in [3.8, 4) is 5.75 Å². The molecule has 2 aromatic rings. The Morgan fingerprint density at radius 1 is 1.02 bits per heavy atom. The molecule has 0 bridgehead atoms. The summed E-state index contributed by atoms with van der Waals surface area (Å²) >= 11 is 3.39. The molecular formula is C32H30BrF6NO4. The van der Waals surface area contributed by atoms with E-state index in [9.17, 15) is 41.0 Å². The molecule has 3 aliphatic rings. The Morgan fingerprint density at radius 3 is 2.30 bits per heavy atom. The van der Waals surface area contributed by atoms with Crippen LogP contribution in [0.2, 0.25) is 0 Å². The Hall–Kier alpha value is -3.12. The molecule has 2 amide bonds. The predicted molar refractivity (Wildman–Crippen MR) is 154 cm³/mol. The van der Waals surface area contributed by atoms with Gasteiger partial charge in [-0.25, -0.2) is 4.90 Å². The fourth-order valence-corrected chi connectivity index (χ4v) is 7.05. The van der Waals surface area contributed by atoms with E-state index in [0.29, 0.717) is 41.9 Å². The van der Waals surface area contributed by atoms with Gasteiger partial charge >= 0.3 is 12.4 Å². The zero-order chi connectivity index (χ0) is 32.1. The van der Waals surface area contributed by atoms with E-state index in [0.717, 1.165) is 27.6 Å². The molecule has 1 N–H and O–H groups in total. The lowest BCUT2D eigenvalue weighted by Gasteiger charge is -2.31. The third kappa shape index (κ3) is 6.20. The number of alkyl halides is 6. The summed E-state index contributed by atoms with van der Waals surface area (Å²) in [6.45, 7) is 4.01. The van der Waals surface area contributed by atoms with E-state index in [4.69, 9.17) is 4.74 Å². The highest BCUT2D eigenvalue weighted by atomic mass is 79.9. The van der Waals surface area contributed by atoms with Crippen molar-refractivity contribution >= 4 is 39.5 Å². The third-order valence-corrected chi connectivity index (χ3v) is 9.08. The van der Waals surface area contributed by atoms with Crippen LogP contribution < -0.4 is 4.90 Å². The van der Waals surface area contributed by atoms with Crippen LogP contribution in [0.25, 0.3) is 6.08 Å². The van der Waals surface area contributed by atoms with Crippen LogP contribution in [0.1, 0.15) is 62.6 Å². The summed E-state index contributed by atoms with van der Waals surface area (Å²) < 4.78 is 88.3. The molecule has 5 nitrogen and oxygen atoms in total. The summed E-state index contributed by atoms with van der Waals surface area (Å²) in [5.74, 6) is -3.82. The molecule has 4 atom stereocenters. The number of fused-ring (bicyclic) bond motifs is 3. The van der Waals surface area contributed by atoms with E-state index in [1.54, 1.807) is 18.2 Å². The van der Waals surface area contributed by atoms with Crippen LogP contribution in [0.15, 0.2) is 57.6 Å². The van der Waals surface area contributed by atoms with Gasteiger partial charge < -0.3 is 9.84 Å². The molecule has 0 radical (unpaired) electrons. The summed E-state index contributed by atoms with van der Waals surface area (Å²) in [4.78, 5) is 27.8. The number of benzene rings is 2. The average molecular weight is 686 g/mol. The van der Waals surface area contributed by atoms with Crippen LogP contribution in [-0.4, -0.2) is 29.6 Å². The van der Waals surface area contributed by atoms with Gasteiger partial charge in [-0.15, -0.1) is 0 Å². The Morgan fingerprint density at radius 2 is 1.68 bits per heavy atom. The molecule has 0 saturated carbocycles. The lowest BCUT2D eigenvalue weighted by atomic mass is 9.68. The molecule has 236 valence electrons. The molecule has 5 rings (SSSR count). The smallest absolute Gasteiger partial charge is 0.416 e. The number of imide groups is 1. The normalized spacial score (nSPS) is 24.3. The number of ether oxygens (including phenoxy) is 1. The second-order valence-corrected chi connectivity index (χ2v) is 12.5. The number of hydrogen-bond donors (Lipinski definition) is 1. The quantitative estimate of drug-likeness (QED) is 0.180. The predicted octanol–water partition coefficient (Wildman–Crippen LogP) is 8.70. The van der Waals surface area contributed by atoms with Gasteiger partial charge in [0.05, 0.1) is 41.4 Å². The van der Waals surface area contributed by atoms with Crippen LogP contribution in [0.4, 0.5) is 32.0 Å². The number of nitrogens with zero attached hydrogens (tertiary/aromatic N) is 1. The van der Waals surface area contributed by atoms with E-state index in [1.807, 2.05) is 19.9 Å². The molecule has 2 saturated heterocycles. The lowest BCUT2D eigenvalue weighted by Crippen LogP contribution is -2.34. The molecule has 0 spiro atoms. The zero-order valence-electron chi connectivity index (χ0n) is 23.9. The minimum absolute atomic E-state index is 0.0234. The number of phenolic OH excluding ortho intramolecular Hbond substituents is 1. The number of rotatable bonds is 7. The van der Waals surface area contributed by atoms with Gasteiger partial charge in [-0.1, -0.05) is 46.5 Å². The van der Waals surface area contributed by atoms with Crippen LogP contribution in [0, 0.1) is 17.8 Å². The van der Waals surface area contributed by atoms with Crippen LogP contribution in [0.5, 0.6) is 5.75 Å². The molecule has 0 unspecified atom stereocenters. The van der Waals surface area contributed by atoms with Gasteiger partial charge in [0.2, 0.25) is 11.8 Å². The molecule has 1 aliphatic carbocycles. The maximum Gasteiger partial charge on any atom is 0.416 e. The second-order valence-electron chi connectivity index (χ2n) is 11.6. The van der Waals surface area contributed by atoms with Gasteiger partial charge in [-0.2, -0.15) is 26.3 Å². The highest BCUT2D eigenvalue weighted by Crippen LogP contribution is 2.52. The molecule has 44 heavy (non-hydrogen) atoms. The third-order valence-electron chi connectivity index (χ3n) is 8.58. The number of aromatic hydroxyl groups is 1. The first-order valence-corrected chi connectivity index (χ1v) is 15.1. The van der Waals surface area contributed by atoms with Crippen LogP contribution in [-0.2, 0) is 26.7 Å². The van der Waals surface area contributed by atoms with Crippen molar-refractivity contribution < 1.29 is 45.8 Å². The van der Waals surface area contributed by atoms with Gasteiger partial charge in [0.1, 0.15) is 5.75 Å². The number of halogens is 7. The highest BCUT2D eigenvalue weighted by Gasteiger charge is 2.57. The van der Waals surface area contributed by atoms with Crippen molar-refractivity contribution in [2.24, 2.45) is 17.8 Å². The van der Waals surface area contributed by atoms with E-state index in [2.05, 4.69) is 15.9 Å². The van der Waals surface area contributed by atoms with Crippen molar-refractivity contribution in [3.05, 3.63) is 74.3 Å². The largest absolute Gasteiger partial charge is 0.507 e. The number of allylic oxidation sites excluding steroid dienone is 2. The van der Waals surface area contributed by atoms with E-state index in [1.165, 1.54) is 0 Å². The maximum atomic E-state index is 13.7. The summed E-state index contributed by atoms with van der Waals surface area (Å²) in [5, 5.41) is 10.2. The second kappa shape index (κ2) is 12.0. The molecule has 2 fully saturated rings. The topological polar surface area (TPSA) is 66.8 Å². The van der Waals surface area contributed by atoms with E-state index < -0.39 is 58.7 Å². The Kier molecular flexibility index (Phi) is 8.80. The number of phenols is 1. The maximum absolute atomic E-state index is 13.7. The molecule has 2 aromatic carbocycles. The molecule has 12 heteroatoms. The Labute approximate surface area is 258 Å². The number of carbonyl (C=O) groups is 2. The standard InChI is InChI=1S/C32H30BrF6NO4/c1-3-4-17-11-23-28(24-15-44-26(27(17)24)8-5-16(2)9-18-10-21(33)6-7-25(18)41)30(43)40(29(23)42)22-13-19(31(34,35)36)12-20(14-22)32(37,38)39/h6-7,9-10,12-14,23-24,26,28,41H,3-5,8,11,15H2,1-2H3/b16-9+/t23-,24+,26-,28-/m1/s1. The fourth-order valence-electron chi connectivity index (χ4n) is 6.67. The van der Waals surface area contributed by atoms with E-state index >= 15 is 0 Å². The van der Waals surface area contributed by atoms with E-state index in [-0.39, 0.29) is 30.9 Å². The van der Waals surface area contributed by atoms with Gasteiger partial charge in [0.15, 0.2) is 0 Å². The summed E-state index contributed by atoms with van der Waals surface area (Å²) in [6, 6.07) is 5.93. The lowest BCUT2D eigenvalue weighted by molar-refractivity contribution is -0.143. The van der Waals surface area contributed by atoms with Gasteiger partial charge in [0, 0.05) is 16.0 Å². The number of amides is 2. The molecular weight excluding hydrogens is 656 g/mol. The first-order valence-electron chi connectivity index (χ1n) is 14.3. The number of hydrogen-bond acceptors (Lipinski definition) is 4. The fraction of sp³-hybridized carbons (Fsp3) is 0.438. The minimum Gasteiger partial charge on any atom is -0.507 e. The summed E-state index contributed by atoms with van der Waals surface area (Å²) in [5.41, 5.74) is -0.432. The average Bonchev–Trinajstić information content (AvgIpc) is 3.47. The zero-order valence-corrected chi connectivity index (χ0v) is 25.4. The Balaban J connectivity index is 1.43. The summed E-state index contributed by atoms with van der Waals surface area (Å²) in [7, 11) is 0. The van der Waals surface area contributed by atoms with Crippen LogP contribution >= 0.6 is 15.9 Å². The van der Waals surface area contributed by atoms with Crippen LogP contribution in [0.3, 0.4) is 0 Å². The Bertz CT molecular complexity index is 1510. The van der Waals surface area contributed by atoms with Crippen molar-refractivity contribution in [2.75, 3.05) is 11.5 Å². The minimum atomic E-state index is -5.12. The highest BCUT2D eigenvalue weighted by molar-refractivity contribution is 9.10. The van der Waals surface area contributed by atoms with Gasteiger partial charge in [-0.05, 0) is 74.6 Å². The number of anilines is 1. The van der Waals surface area contributed by atoms with Gasteiger partial charge in [-0.3, -0.25) is 9.59 Å². The molecule has 0 aromatic heterocycles. The summed E-state index contributed by atoms with van der Waals surface area (Å²) in [6.07, 6.45) is -6.01. The van der Waals surface area contributed by atoms with Crippen molar-refractivity contribution in [1.82, 2.24) is 0 Å². The first-order chi connectivity index (χ1) is 20.6.